The number of rotatable bonds is 0. The average Bonchev–Trinajstić information content (AvgIpc) is 2.33. The number of nitrogens with zero attached hydrogens (tertiary/aromatic N) is 2. The van der Waals surface area contributed by atoms with Crippen LogP contribution in [0.1, 0.15) is 1.43 Å². The molecule has 0 saturated carbocycles. The molecule has 2 aromatic heterocycles. The van der Waals surface area contributed by atoms with Crippen molar-refractivity contribution < 1.29 is 1.43 Å². The summed E-state index contributed by atoms with van der Waals surface area (Å²) in [5.74, 6) is 0. The molecule has 0 spiro atoms. The number of pyridine rings is 1. The SMILES string of the molecule is [HH].c1cc2[nH]ncc2cn1. The van der Waals surface area contributed by atoms with Crippen molar-refractivity contribution in [3.8, 4) is 0 Å². The second kappa shape index (κ2) is 1.55. The first kappa shape index (κ1) is 4.49. The van der Waals surface area contributed by atoms with Crippen molar-refractivity contribution in [2.75, 3.05) is 0 Å². The summed E-state index contributed by atoms with van der Waals surface area (Å²) < 4.78 is 0. The van der Waals surface area contributed by atoms with Gasteiger partial charge in [-0.15, -0.1) is 0 Å². The van der Waals surface area contributed by atoms with Crippen LogP contribution >= 0.6 is 0 Å². The van der Waals surface area contributed by atoms with E-state index in [0.717, 1.165) is 10.9 Å². The van der Waals surface area contributed by atoms with Gasteiger partial charge in [-0.1, -0.05) is 0 Å². The van der Waals surface area contributed by atoms with Crippen molar-refractivity contribution in [3.63, 3.8) is 0 Å². The Kier molecular flexibility index (Phi) is 0.773. The van der Waals surface area contributed by atoms with E-state index in [1.807, 2.05) is 6.07 Å². The Morgan fingerprint density at radius 3 is 3.33 bits per heavy atom. The fourth-order valence-corrected chi connectivity index (χ4v) is 0.783. The molecule has 0 bridgehead atoms. The summed E-state index contributed by atoms with van der Waals surface area (Å²) in [7, 11) is 0. The maximum Gasteiger partial charge on any atom is 0.0681 e. The normalized spacial score (nSPS) is 10.2. The van der Waals surface area contributed by atoms with E-state index in [4.69, 9.17) is 0 Å². The molecule has 0 aliphatic carbocycles. The lowest BCUT2D eigenvalue weighted by Gasteiger charge is -1.80. The minimum atomic E-state index is 0. The van der Waals surface area contributed by atoms with E-state index in [1.54, 1.807) is 18.6 Å². The molecule has 0 atom stereocenters. The molecule has 2 rings (SSSR count). The first-order valence-electron chi connectivity index (χ1n) is 2.70. The molecule has 0 aliphatic heterocycles. The third-order valence-corrected chi connectivity index (χ3v) is 1.24. The van der Waals surface area contributed by atoms with Crippen molar-refractivity contribution in [3.05, 3.63) is 24.7 Å². The summed E-state index contributed by atoms with van der Waals surface area (Å²) in [5.41, 5.74) is 1.03. The predicted octanol–water partition coefficient (Wildman–Crippen LogP) is 1.20. The summed E-state index contributed by atoms with van der Waals surface area (Å²) in [6.07, 6.45) is 5.27. The molecule has 0 saturated heterocycles. The fourth-order valence-electron chi connectivity index (χ4n) is 0.783. The van der Waals surface area contributed by atoms with Crippen LogP contribution in [-0.4, -0.2) is 15.2 Å². The van der Waals surface area contributed by atoms with Crippen LogP contribution in [0, 0.1) is 0 Å². The third kappa shape index (κ3) is 0.579. The van der Waals surface area contributed by atoms with Crippen molar-refractivity contribution in [2.24, 2.45) is 0 Å². The molecule has 0 radical (unpaired) electrons. The van der Waals surface area contributed by atoms with Gasteiger partial charge in [-0.3, -0.25) is 10.1 Å². The van der Waals surface area contributed by atoms with Gasteiger partial charge in [-0.2, -0.15) is 5.10 Å². The number of hydrogen-bond donors (Lipinski definition) is 1. The monoisotopic (exact) mass is 121 g/mol. The molecule has 0 fully saturated rings. The first-order valence-corrected chi connectivity index (χ1v) is 2.70. The topological polar surface area (TPSA) is 41.6 Å². The highest BCUT2D eigenvalue weighted by Crippen LogP contribution is 2.04. The Labute approximate surface area is 53.2 Å². The van der Waals surface area contributed by atoms with Crippen molar-refractivity contribution >= 4 is 10.9 Å². The first-order chi connectivity index (χ1) is 4.47. The quantitative estimate of drug-likeness (QED) is 0.569. The highest BCUT2D eigenvalue weighted by atomic mass is 15.1. The summed E-state index contributed by atoms with van der Waals surface area (Å²) in [4.78, 5) is 3.93. The van der Waals surface area contributed by atoms with Crippen LogP contribution in [0.4, 0.5) is 0 Å². The van der Waals surface area contributed by atoms with E-state index >= 15 is 0 Å². The number of aromatic amines is 1. The van der Waals surface area contributed by atoms with Crippen LogP contribution in [0.25, 0.3) is 10.9 Å². The largest absolute Gasteiger partial charge is 0.278 e. The maximum atomic E-state index is 3.93. The minimum absolute atomic E-state index is 0. The molecule has 0 amide bonds. The summed E-state index contributed by atoms with van der Waals surface area (Å²) in [6.45, 7) is 0. The zero-order chi connectivity index (χ0) is 6.10. The predicted molar refractivity (Wildman–Crippen MR) is 36.0 cm³/mol. The molecule has 3 nitrogen and oxygen atoms in total. The summed E-state index contributed by atoms with van der Waals surface area (Å²) in [5, 5.41) is 7.72. The van der Waals surface area contributed by atoms with Gasteiger partial charge in [0.05, 0.1) is 11.7 Å². The molecule has 0 aromatic carbocycles. The van der Waals surface area contributed by atoms with Crippen LogP contribution < -0.4 is 0 Å². The van der Waals surface area contributed by atoms with E-state index < -0.39 is 0 Å². The Balaban J connectivity index is 0.000000500. The van der Waals surface area contributed by atoms with Crippen LogP contribution in [-0.2, 0) is 0 Å². The molecule has 2 heterocycles. The van der Waals surface area contributed by atoms with Crippen LogP contribution in [0.15, 0.2) is 24.7 Å². The van der Waals surface area contributed by atoms with Crippen LogP contribution in [0.5, 0.6) is 0 Å². The van der Waals surface area contributed by atoms with Crippen molar-refractivity contribution in [1.82, 2.24) is 15.2 Å². The molecule has 1 N–H and O–H groups in total. The second-order valence-electron chi connectivity index (χ2n) is 1.83. The van der Waals surface area contributed by atoms with E-state index in [1.165, 1.54) is 0 Å². The lowest BCUT2D eigenvalue weighted by atomic mass is 10.3. The molecule has 2 aromatic rings. The van der Waals surface area contributed by atoms with Crippen LogP contribution in [0.3, 0.4) is 0 Å². The molecular formula is C6H7N3. The zero-order valence-corrected chi connectivity index (χ0v) is 4.70. The number of H-pyrrole nitrogens is 1. The lowest BCUT2D eigenvalue weighted by Crippen LogP contribution is -1.68. The van der Waals surface area contributed by atoms with Crippen molar-refractivity contribution in [2.45, 2.75) is 0 Å². The molecular weight excluding hydrogens is 114 g/mol. The molecule has 9 heavy (non-hydrogen) atoms. The van der Waals surface area contributed by atoms with Gasteiger partial charge < -0.3 is 0 Å². The Morgan fingerprint density at radius 1 is 1.44 bits per heavy atom. The smallest absolute Gasteiger partial charge is 0.0681 e. The van der Waals surface area contributed by atoms with Gasteiger partial charge in [-0.25, -0.2) is 0 Å². The van der Waals surface area contributed by atoms with Gasteiger partial charge in [0.2, 0.25) is 0 Å². The second-order valence-corrected chi connectivity index (χ2v) is 1.83. The maximum absolute atomic E-state index is 3.93. The van der Waals surface area contributed by atoms with E-state index in [-0.39, 0.29) is 1.43 Å². The standard InChI is InChI=1S/C6H5N3.H2/c1-2-7-3-5-4-8-9-6(1)5;/h1-4H,(H,8,9);1H. The van der Waals surface area contributed by atoms with Gasteiger partial charge in [-0.05, 0) is 6.07 Å². The zero-order valence-electron chi connectivity index (χ0n) is 4.70. The molecule has 3 heteroatoms. The van der Waals surface area contributed by atoms with Gasteiger partial charge >= 0.3 is 0 Å². The van der Waals surface area contributed by atoms with E-state index in [0.29, 0.717) is 0 Å². The van der Waals surface area contributed by atoms with E-state index in [9.17, 15) is 0 Å². The van der Waals surface area contributed by atoms with Gasteiger partial charge in [0.1, 0.15) is 0 Å². The van der Waals surface area contributed by atoms with Gasteiger partial charge in [0.25, 0.3) is 0 Å². The Hall–Kier alpha value is -1.38. The number of hydrogen-bond acceptors (Lipinski definition) is 2. The average molecular weight is 121 g/mol. The van der Waals surface area contributed by atoms with Crippen molar-refractivity contribution in [1.29, 1.82) is 0 Å². The van der Waals surface area contributed by atoms with Crippen LogP contribution in [0.2, 0.25) is 0 Å². The minimum Gasteiger partial charge on any atom is -0.278 e. The summed E-state index contributed by atoms with van der Waals surface area (Å²) in [6, 6.07) is 1.89. The Morgan fingerprint density at radius 2 is 2.44 bits per heavy atom. The van der Waals surface area contributed by atoms with Gasteiger partial charge in [0.15, 0.2) is 0 Å². The number of fused-ring (bicyclic) bond motifs is 1. The summed E-state index contributed by atoms with van der Waals surface area (Å²) >= 11 is 0. The lowest BCUT2D eigenvalue weighted by molar-refractivity contribution is 1.12. The highest BCUT2D eigenvalue weighted by molar-refractivity contribution is 5.75. The van der Waals surface area contributed by atoms with E-state index in [2.05, 4.69) is 15.2 Å². The Bertz CT molecular complexity index is 287. The van der Waals surface area contributed by atoms with Gasteiger partial charge in [0, 0.05) is 19.2 Å². The number of nitrogens with one attached hydrogen (secondary N) is 1. The highest BCUT2D eigenvalue weighted by Gasteiger charge is 1.89. The molecule has 0 aliphatic rings. The third-order valence-electron chi connectivity index (χ3n) is 1.24. The molecule has 0 unspecified atom stereocenters. The fraction of sp³-hybridized carbons (Fsp3) is 0. The molecule has 46 valence electrons. The number of aromatic nitrogens is 3.